The van der Waals surface area contributed by atoms with Gasteiger partial charge < -0.3 is 9.32 Å². The molecule has 0 aliphatic rings. The Labute approximate surface area is 157 Å². The van der Waals surface area contributed by atoms with E-state index in [0.717, 1.165) is 27.9 Å². The number of pyridine rings is 1. The Bertz CT molecular complexity index is 1060. The second-order valence-electron chi connectivity index (χ2n) is 6.09. The van der Waals surface area contributed by atoms with Gasteiger partial charge in [0.05, 0.1) is 18.3 Å². The minimum atomic E-state index is -0.120. The molecule has 0 saturated carbocycles. The first-order valence-corrected chi connectivity index (χ1v) is 8.72. The van der Waals surface area contributed by atoms with Crippen molar-refractivity contribution in [3.8, 4) is 0 Å². The summed E-state index contributed by atoms with van der Waals surface area (Å²) in [5.74, 6) is 0.609. The molecule has 0 aliphatic carbocycles. The lowest BCUT2D eigenvalue weighted by molar-refractivity contribution is -0.114. The number of nitrogens with zero attached hydrogens (tertiary/aromatic N) is 2. The summed E-state index contributed by atoms with van der Waals surface area (Å²) < 4.78 is 5.43. The second-order valence-corrected chi connectivity index (χ2v) is 6.09. The van der Waals surface area contributed by atoms with Crippen LogP contribution < -0.4 is 4.90 Å². The molecule has 0 fully saturated rings. The lowest BCUT2D eigenvalue weighted by atomic mass is 10.1. The van der Waals surface area contributed by atoms with Crippen molar-refractivity contribution in [1.29, 1.82) is 0 Å². The van der Waals surface area contributed by atoms with E-state index in [1.54, 1.807) is 23.4 Å². The Kier molecular flexibility index (Phi) is 4.79. The van der Waals surface area contributed by atoms with E-state index in [4.69, 9.17) is 4.42 Å². The highest BCUT2D eigenvalue weighted by Crippen LogP contribution is 2.20. The van der Waals surface area contributed by atoms with E-state index in [1.807, 2.05) is 78.9 Å². The number of amides is 1. The Morgan fingerprint density at radius 2 is 1.81 bits per heavy atom. The molecule has 0 bridgehead atoms. The number of aromatic nitrogens is 1. The topological polar surface area (TPSA) is 46.3 Å². The number of carbonyl (C=O) groups is 1. The SMILES string of the molecule is O=C(/C=C/c1cccc2cccnc12)N(Cc1ccco1)c1ccccc1. The van der Waals surface area contributed by atoms with Gasteiger partial charge in [0, 0.05) is 28.9 Å². The van der Waals surface area contributed by atoms with Gasteiger partial charge in [-0.25, -0.2) is 0 Å². The van der Waals surface area contributed by atoms with Gasteiger partial charge in [-0.3, -0.25) is 9.78 Å². The van der Waals surface area contributed by atoms with Crippen LogP contribution in [0.3, 0.4) is 0 Å². The second kappa shape index (κ2) is 7.70. The van der Waals surface area contributed by atoms with Gasteiger partial charge in [-0.1, -0.05) is 42.5 Å². The number of fused-ring (bicyclic) bond motifs is 1. The third kappa shape index (κ3) is 3.80. The molecule has 4 heteroatoms. The van der Waals surface area contributed by atoms with Gasteiger partial charge >= 0.3 is 0 Å². The lowest BCUT2D eigenvalue weighted by Gasteiger charge is -2.20. The molecule has 0 N–H and O–H groups in total. The Balaban J connectivity index is 1.64. The predicted molar refractivity (Wildman–Crippen MR) is 107 cm³/mol. The highest BCUT2D eigenvalue weighted by molar-refractivity contribution is 6.04. The Morgan fingerprint density at radius 1 is 0.963 bits per heavy atom. The van der Waals surface area contributed by atoms with Crippen molar-refractivity contribution in [3.63, 3.8) is 0 Å². The van der Waals surface area contributed by atoms with Gasteiger partial charge in [0.2, 0.25) is 0 Å². The maximum Gasteiger partial charge on any atom is 0.251 e. The molecule has 1 amide bonds. The predicted octanol–water partition coefficient (Wildman–Crippen LogP) is 5.07. The van der Waals surface area contributed by atoms with Gasteiger partial charge in [-0.2, -0.15) is 0 Å². The molecule has 0 atom stereocenters. The first-order chi connectivity index (χ1) is 13.3. The minimum absolute atomic E-state index is 0.120. The molecule has 4 rings (SSSR count). The zero-order valence-corrected chi connectivity index (χ0v) is 14.7. The summed E-state index contributed by atoms with van der Waals surface area (Å²) in [5.41, 5.74) is 2.61. The van der Waals surface area contributed by atoms with E-state index in [0.29, 0.717) is 6.54 Å². The van der Waals surface area contributed by atoms with Crippen molar-refractivity contribution in [3.05, 3.63) is 103 Å². The highest BCUT2D eigenvalue weighted by Gasteiger charge is 2.15. The summed E-state index contributed by atoms with van der Waals surface area (Å²) in [6.07, 6.45) is 6.77. The zero-order chi connectivity index (χ0) is 18.5. The molecular weight excluding hydrogens is 336 g/mol. The molecule has 132 valence electrons. The molecule has 0 spiro atoms. The smallest absolute Gasteiger partial charge is 0.251 e. The summed E-state index contributed by atoms with van der Waals surface area (Å²) in [7, 11) is 0. The van der Waals surface area contributed by atoms with Crippen LogP contribution in [-0.4, -0.2) is 10.9 Å². The van der Waals surface area contributed by atoms with E-state index in [9.17, 15) is 4.79 Å². The number of hydrogen-bond donors (Lipinski definition) is 0. The normalized spacial score (nSPS) is 11.1. The molecule has 2 heterocycles. The lowest BCUT2D eigenvalue weighted by Crippen LogP contribution is -2.28. The van der Waals surface area contributed by atoms with Crippen LogP contribution >= 0.6 is 0 Å². The van der Waals surface area contributed by atoms with Crippen molar-refractivity contribution >= 4 is 28.6 Å². The van der Waals surface area contributed by atoms with Crippen molar-refractivity contribution < 1.29 is 9.21 Å². The first kappa shape index (κ1) is 16.8. The minimum Gasteiger partial charge on any atom is -0.467 e. The number of hydrogen-bond acceptors (Lipinski definition) is 3. The number of anilines is 1. The average molecular weight is 354 g/mol. The monoisotopic (exact) mass is 354 g/mol. The number of rotatable bonds is 5. The summed E-state index contributed by atoms with van der Waals surface area (Å²) in [6.45, 7) is 0.369. The third-order valence-electron chi connectivity index (χ3n) is 4.30. The molecule has 2 aromatic carbocycles. The molecule has 27 heavy (non-hydrogen) atoms. The molecule has 0 unspecified atom stereocenters. The van der Waals surface area contributed by atoms with E-state index < -0.39 is 0 Å². The van der Waals surface area contributed by atoms with Crippen LogP contribution in [0.1, 0.15) is 11.3 Å². The summed E-state index contributed by atoms with van der Waals surface area (Å²) in [5, 5.41) is 1.04. The van der Waals surface area contributed by atoms with Crippen LogP contribution in [0.2, 0.25) is 0 Å². The maximum absolute atomic E-state index is 13.0. The standard InChI is InChI=1S/C23H18N2O2/c26-22(14-13-19-8-4-7-18-9-5-15-24-23(18)19)25(17-21-12-6-16-27-21)20-10-2-1-3-11-20/h1-16H,17H2/b14-13+. The molecule has 4 aromatic rings. The van der Waals surface area contributed by atoms with Gasteiger partial charge in [-0.05, 0) is 36.4 Å². The van der Waals surface area contributed by atoms with Crippen LogP contribution in [0.5, 0.6) is 0 Å². The summed E-state index contributed by atoms with van der Waals surface area (Å²) in [4.78, 5) is 19.1. The first-order valence-electron chi connectivity index (χ1n) is 8.72. The van der Waals surface area contributed by atoms with Crippen LogP contribution in [0, 0.1) is 0 Å². The molecule has 4 nitrogen and oxygen atoms in total. The van der Waals surface area contributed by atoms with E-state index >= 15 is 0 Å². The van der Waals surface area contributed by atoms with Crippen LogP contribution in [0.4, 0.5) is 5.69 Å². The van der Waals surface area contributed by atoms with Crippen LogP contribution in [0.15, 0.2) is 95.7 Å². The van der Waals surface area contributed by atoms with E-state index in [1.165, 1.54) is 0 Å². The molecule has 2 aromatic heterocycles. The highest BCUT2D eigenvalue weighted by atomic mass is 16.3. The van der Waals surface area contributed by atoms with Gasteiger partial charge in [0.25, 0.3) is 5.91 Å². The Morgan fingerprint density at radius 3 is 2.63 bits per heavy atom. The summed E-state index contributed by atoms with van der Waals surface area (Å²) in [6, 6.07) is 23.1. The fourth-order valence-electron chi connectivity index (χ4n) is 2.98. The number of para-hydroxylation sites is 2. The fraction of sp³-hybridized carbons (Fsp3) is 0.0435. The van der Waals surface area contributed by atoms with Crippen molar-refractivity contribution in [2.75, 3.05) is 4.90 Å². The number of furan rings is 1. The fourth-order valence-corrected chi connectivity index (χ4v) is 2.98. The van der Waals surface area contributed by atoms with E-state index in [2.05, 4.69) is 4.98 Å². The number of carbonyl (C=O) groups excluding carboxylic acids is 1. The van der Waals surface area contributed by atoms with Crippen molar-refractivity contribution in [2.45, 2.75) is 6.54 Å². The summed E-state index contributed by atoms with van der Waals surface area (Å²) >= 11 is 0. The molecule has 0 radical (unpaired) electrons. The molecule has 0 saturated heterocycles. The van der Waals surface area contributed by atoms with Gasteiger partial charge in [-0.15, -0.1) is 0 Å². The Hall–Kier alpha value is -3.66. The number of benzene rings is 2. The zero-order valence-electron chi connectivity index (χ0n) is 14.7. The quantitative estimate of drug-likeness (QED) is 0.470. The average Bonchev–Trinajstić information content (AvgIpc) is 3.24. The largest absolute Gasteiger partial charge is 0.467 e. The van der Waals surface area contributed by atoms with Gasteiger partial charge in [0.1, 0.15) is 5.76 Å². The van der Waals surface area contributed by atoms with Crippen molar-refractivity contribution in [1.82, 2.24) is 4.98 Å². The van der Waals surface area contributed by atoms with Crippen LogP contribution in [-0.2, 0) is 11.3 Å². The maximum atomic E-state index is 13.0. The van der Waals surface area contributed by atoms with Crippen LogP contribution in [0.25, 0.3) is 17.0 Å². The van der Waals surface area contributed by atoms with E-state index in [-0.39, 0.29) is 5.91 Å². The molecular formula is C23H18N2O2. The molecule has 0 aliphatic heterocycles. The van der Waals surface area contributed by atoms with Gasteiger partial charge in [0.15, 0.2) is 0 Å². The van der Waals surface area contributed by atoms with Crippen molar-refractivity contribution in [2.24, 2.45) is 0 Å². The third-order valence-corrected chi connectivity index (χ3v) is 4.30.